The van der Waals surface area contributed by atoms with Gasteiger partial charge >= 0.3 is 0 Å². The number of hydrogen-bond acceptors (Lipinski definition) is 6. The Morgan fingerprint density at radius 3 is 2.52 bits per heavy atom. The monoisotopic (exact) mass is 467 g/mol. The van der Waals surface area contributed by atoms with Crippen LogP contribution in [0.2, 0.25) is 5.02 Å². The molecule has 0 unspecified atom stereocenters. The van der Waals surface area contributed by atoms with Gasteiger partial charge in [-0.1, -0.05) is 49.7 Å². The number of pyridine rings is 1. The first kappa shape index (κ1) is 22.9. The van der Waals surface area contributed by atoms with E-state index in [1.807, 2.05) is 58.0 Å². The molecule has 1 atom stereocenters. The molecular formula is C24H26ClN5O3. The molecule has 0 saturated heterocycles. The lowest BCUT2D eigenvalue weighted by molar-refractivity contribution is -0.117. The summed E-state index contributed by atoms with van der Waals surface area (Å²) in [6.07, 6.45) is 3.52. The maximum atomic E-state index is 12.6. The molecular weight excluding hydrogens is 442 g/mol. The minimum Gasteiger partial charge on any atom is -0.343 e. The Morgan fingerprint density at radius 1 is 1.15 bits per heavy atom. The van der Waals surface area contributed by atoms with Crippen molar-refractivity contribution in [1.29, 1.82) is 0 Å². The van der Waals surface area contributed by atoms with Crippen LogP contribution in [0, 0.1) is 5.92 Å². The number of anilines is 1. The van der Waals surface area contributed by atoms with E-state index >= 15 is 0 Å². The van der Waals surface area contributed by atoms with Crippen LogP contribution in [0.5, 0.6) is 0 Å². The molecule has 1 fully saturated rings. The van der Waals surface area contributed by atoms with Gasteiger partial charge < -0.3 is 15.2 Å². The highest BCUT2D eigenvalue weighted by molar-refractivity contribution is 6.31. The molecule has 0 aliphatic heterocycles. The molecule has 33 heavy (non-hydrogen) atoms. The Kier molecular flexibility index (Phi) is 6.21. The topological polar surface area (TPSA) is 110 Å². The third kappa shape index (κ3) is 5.39. The lowest BCUT2D eigenvalue weighted by atomic mass is 9.97. The molecule has 1 aliphatic rings. The predicted octanol–water partition coefficient (Wildman–Crippen LogP) is 4.92. The van der Waals surface area contributed by atoms with Crippen LogP contribution in [0.4, 0.5) is 5.82 Å². The average molecular weight is 468 g/mol. The molecule has 172 valence electrons. The molecule has 0 radical (unpaired) electrons. The van der Waals surface area contributed by atoms with E-state index in [1.54, 1.807) is 6.20 Å². The van der Waals surface area contributed by atoms with E-state index < -0.39 is 5.91 Å². The third-order valence-corrected chi connectivity index (χ3v) is 5.71. The fraction of sp³-hybridized carbons (Fsp3) is 0.375. The number of benzene rings is 1. The summed E-state index contributed by atoms with van der Waals surface area (Å²) in [7, 11) is 0. The van der Waals surface area contributed by atoms with Gasteiger partial charge in [-0.05, 0) is 54.7 Å². The smallest absolute Gasteiger partial charge is 0.293 e. The van der Waals surface area contributed by atoms with E-state index in [0.29, 0.717) is 16.7 Å². The summed E-state index contributed by atoms with van der Waals surface area (Å²) >= 11 is 6.56. The fourth-order valence-electron chi connectivity index (χ4n) is 3.27. The number of carbonyl (C=O) groups is 2. The van der Waals surface area contributed by atoms with Crippen molar-refractivity contribution in [2.24, 2.45) is 5.92 Å². The molecule has 0 spiro atoms. The highest BCUT2D eigenvalue weighted by Crippen LogP contribution is 2.32. The minimum absolute atomic E-state index is 0.00817. The van der Waals surface area contributed by atoms with Crippen molar-refractivity contribution in [2.75, 3.05) is 5.32 Å². The summed E-state index contributed by atoms with van der Waals surface area (Å²) in [4.78, 5) is 33.0. The van der Waals surface area contributed by atoms with Crippen molar-refractivity contribution in [1.82, 2.24) is 20.4 Å². The first-order valence-corrected chi connectivity index (χ1v) is 11.2. The zero-order chi connectivity index (χ0) is 23.8. The standard InChI is InChI=1S/C24H26ClN5O3/c1-13(27-22(32)20-29-23(33-30-20)24(2,3)4)17-8-7-15(11-18(17)25)16-9-10-26-19(12-16)28-21(31)14-5-6-14/h7-14H,5-6H2,1-4H3,(H,27,32)(H,26,28,31)/t13-/m1/s1. The Balaban J connectivity index is 1.46. The molecule has 2 aromatic heterocycles. The highest BCUT2D eigenvalue weighted by Gasteiger charge is 2.30. The number of carbonyl (C=O) groups excluding carboxylic acids is 2. The van der Waals surface area contributed by atoms with Crippen LogP contribution >= 0.6 is 11.6 Å². The largest absolute Gasteiger partial charge is 0.343 e. The van der Waals surface area contributed by atoms with E-state index in [1.165, 1.54) is 0 Å². The summed E-state index contributed by atoms with van der Waals surface area (Å²) in [5.41, 5.74) is 2.16. The summed E-state index contributed by atoms with van der Waals surface area (Å²) in [6, 6.07) is 8.90. The number of aromatic nitrogens is 3. The second-order valence-electron chi connectivity index (χ2n) is 9.30. The van der Waals surface area contributed by atoms with E-state index in [2.05, 4.69) is 25.8 Å². The molecule has 4 rings (SSSR count). The van der Waals surface area contributed by atoms with Crippen LogP contribution in [-0.2, 0) is 10.2 Å². The van der Waals surface area contributed by atoms with Crippen LogP contribution in [0.1, 0.15) is 68.7 Å². The van der Waals surface area contributed by atoms with E-state index in [4.69, 9.17) is 16.1 Å². The highest BCUT2D eigenvalue weighted by atomic mass is 35.5. The lowest BCUT2D eigenvalue weighted by Crippen LogP contribution is -2.28. The van der Waals surface area contributed by atoms with E-state index in [-0.39, 0.29) is 29.1 Å². The predicted molar refractivity (Wildman–Crippen MR) is 125 cm³/mol. The Morgan fingerprint density at radius 2 is 1.88 bits per heavy atom. The van der Waals surface area contributed by atoms with Crippen LogP contribution in [0.15, 0.2) is 41.1 Å². The first-order valence-electron chi connectivity index (χ1n) is 10.8. The van der Waals surface area contributed by atoms with Gasteiger partial charge in [0.15, 0.2) is 0 Å². The van der Waals surface area contributed by atoms with Crippen molar-refractivity contribution in [3.8, 4) is 11.1 Å². The molecule has 1 aliphatic carbocycles. The number of amides is 2. The number of hydrogen-bond donors (Lipinski definition) is 2. The maximum Gasteiger partial charge on any atom is 0.293 e. The normalized spacial score (nSPS) is 14.6. The molecule has 0 bridgehead atoms. The molecule has 1 aromatic carbocycles. The summed E-state index contributed by atoms with van der Waals surface area (Å²) in [5.74, 6) is 0.569. The van der Waals surface area contributed by atoms with Crippen molar-refractivity contribution in [2.45, 2.75) is 52.0 Å². The first-order chi connectivity index (χ1) is 15.6. The second kappa shape index (κ2) is 8.94. The Labute approximate surface area is 197 Å². The van der Waals surface area contributed by atoms with Crippen molar-refractivity contribution >= 4 is 29.2 Å². The quantitative estimate of drug-likeness (QED) is 0.532. The van der Waals surface area contributed by atoms with Crippen molar-refractivity contribution in [3.63, 3.8) is 0 Å². The van der Waals surface area contributed by atoms with Crippen LogP contribution in [-0.4, -0.2) is 26.9 Å². The van der Waals surface area contributed by atoms with Crippen LogP contribution in [0.25, 0.3) is 11.1 Å². The van der Waals surface area contributed by atoms with E-state index in [9.17, 15) is 9.59 Å². The molecule has 2 amide bonds. The van der Waals surface area contributed by atoms with Crippen LogP contribution in [0.3, 0.4) is 0 Å². The van der Waals surface area contributed by atoms with Gasteiger partial charge in [0.25, 0.3) is 11.7 Å². The molecule has 2 N–H and O–H groups in total. The van der Waals surface area contributed by atoms with Gasteiger partial charge in [0, 0.05) is 22.6 Å². The number of nitrogens with one attached hydrogen (secondary N) is 2. The molecule has 1 saturated carbocycles. The summed E-state index contributed by atoms with van der Waals surface area (Å²) < 4.78 is 5.20. The number of rotatable bonds is 6. The third-order valence-electron chi connectivity index (χ3n) is 5.38. The molecule has 8 nitrogen and oxygen atoms in total. The summed E-state index contributed by atoms with van der Waals surface area (Å²) in [5, 5.41) is 10.0. The van der Waals surface area contributed by atoms with Crippen LogP contribution < -0.4 is 10.6 Å². The SMILES string of the molecule is C[C@@H](NC(=O)c1noc(C(C)(C)C)n1)c1ccc(-c2ccnc(NC(=O)C3CC3)c2)cc1Cl. The summed E-state index contributed by atoms with van der Waals surface area (Å²) in [6.45, 7) is 7.62. The minimum atomic E-state index is -0.438. The Bertz CT molecular complexity index is 1200. The van der Waals surface area contributed by atoms with E-state index in [0.717, 1.165) is 29.5 Å². The molecule has 2 heterocycles. The molecule has 9 heteroatoms. The maximum absolute atomic E-state index is 12.6. The van der Waals surface area contributed by atoms with Gasteiger partial charge in [-0.2, -0.15) is 4.98 Å². The van der Waals surface area contributed by atoms with Gasteiger partial charge in [0.1, 0.15) is 5.82 Å². The van der Waals surface area contributed by atoms with Gasteiger partial charge in [-0.3, -0.25) is 9.59 Å². The number of halogens is 1. The fourth-order valence-corrected chi connectivity index (χ4v) is 3.61. The van der Waals surface area contributed by atoms with Gasteiger partial charge in [-0.15, -0.1) is 0 Å². The zero-order valence-electron chi connectivity index (χ0n) is 19.0. The van der Waals surface area contributed by atoms with Gasteiger partial charge in [0.05, 0.1) is 6.04 Å². The van der Waals surface area contributed by atoms with Crippen molar-refractivity contribution < 1.29 is 14.1 Å². The van der Waals surface area contributed by atoms with Gasteiger partial charge in [-0.25, -0.2) is 4.98 Å². The second-order valence-corrected chi connectivity index (χ2v) is 9.71. The lowest BCUT2D eigenvalue weighted by Gasteiger charge is -2.16. The zero-order valence-corrected chi connectivity index (χ0v) is 19.7. The molecule has 3 aromatic rings. The van der Waals surface area contributed by atoms with Crippen molar-refractivity contribution in [3.05, 3.63) is 58.8 Å². The Hall–Kier alpha value is -3.26. The van der Waals surface area contributed by atoms with Gasteiger partial charge in [0.2, 0.25) is 11.8 Å². The average Bonchev–Trinajstić information content (AvgIpc) is 3.48. The number of nitrogens with zero attached hydrogens (tertiary/aromatic N) is 3.